The quantitative estimate of drug-likeness (QED) is 0.701. The van der Waals surface area contributed by atoms with Crippen molar-refractivity contribution in [3.8, 4) is 0 Å². The molecular weight excluding hydrogens is 318 g/mol. The molecular formula is C16H24ClN3O3. The third-order valence-corrected chi connectivity index (χ3v) is 3.68. The number of nitrogens with two attached hydrogens (primary N) is 1. The molecule has 6 nitrogen and oxygen atoms in total. The molecule has 1 saturated heterocycles. The number of amides is 2. The SMILES string of the molecule is Cl.NCCNC(=O)c1ccccc1NC(=O)CCC1CCOC1. The highest BCUT2D eigenvalue weighted by molar-refractivity contribution is 6.03. The summed E-state index contributed by atoms with van der Waals surface area (Å²) < 4.78 is 5.30. The summed E-state index contributed by atoms with van der Waals surface area (Å²) in [5.41, 5.74) is 6.36. The Hall–Kier alpha value is -1.63. The Morgan fingerprint density at radius 3 is 2.78 bits per heavy atom. The van der Waals surface area contributed by atoms with Gasteiger partial charge in [-0.3, -0.25) is 9.59 Å². The third-order valence-electron chi connectivity index (χ3n) is 3.68. The van der Waals surface area contributed by atoms with Crippen LogP contribution in [0.1, 0.15) is 29.6 Å². The molecule has 1 heterocycles. The van der Waals surface area contributed by atoms with Gasteiger partial charge in [-0.2, -0.15) is 0 Å². The summed E-state index contributed by atoms with van der Waals surface area (Å²) in [6.45, 7) is 2.31. The van der Waals surface area contributed by atoms with Crippen molar-refractivity contribution in [3.63, 3.8) is 0 Å². The van der Waals surface area contributed by atoms with Gasteiger partial charge >= 0.3 is 0 Å². The van der Waals surface area contributed by atoms with Crippen LogP contribution in [0, 0.1) is 5.92 Å². The summed E-state index contributed by atoms with van der Waals surface area (Å²) in [7, 11) is 0. The van der Waals surface area contributed by atoms with Gasteiger partial charge in [0.2, 0.25) is 5.91 Å². The van der Waals surface area contributed by atoms with Crippen LogP contribution in [-0.4, -0.2) is 38.1 Å². The van der Waals surface area contributed by atoms with Crippen LogP contribution in [0.4, 0.5) is 5.69 Å². The van der Waals surface area contributed by atoms with Gasteiger partial charge in [-0.15, -0.1) is 12.4 Å². The van der Waals surface area contributed by atoms with Gasteiger partial charge in [0.1, 0.15) is 0 Å². The first-order chi connectivity index (χ1) is 10.7. The lowest BCUT2D eigenvalue weighted by molar-refractivity contribution is -0.116. The van der Waals surface area contributed by atoms with Gasteiger partial charge < -0.3 is 21.1 Å². The predicted octanol–water partition coefficient (Wildman–Crippen LogP) is 1.55. The van der Waals surface area contributed by atoms with E-state index in [1.807, 2.05) is 0 Å². The Morgan fingerprint density at radius 1 is 1.30 bits per heavy atom. The number of nitrogens with one attached hydrogen (secondary N) is 2. The highest BCUT2D eigenvalue weighted by Crippen LogP contribution is 2.19. The van der Waals surface area contributed by atoms with Crippen molar-refractivity contribution in [3.05, 3.63) is 29.8 Å². The monoisotopic (exact) mass is 341 g/mol. The van der Waals surface area contributed by atoms with E-state index in [9.17, 15) is 9.59 Å². The van der Waals surface area contributed by atoms with Crippen molar-refractivity contribution in [1.29, 1.82) is 0 Å². The number of hydrogen-bond acceptors (Lipinski definition) is 4. The lowest BCUT2D eigenvalue weighted by Gasteiger charge is -2.12. The number of carbonyl (C=O) groups is 2. The molecule has 128 valence electrons. The minimum atomic E-state index is -0.231. The Balaban J connectivity index is 0.00000264. The number of halogens is 1. The van der Waals surface area contributed by atoms with Gasteiger partial charge in [0.25, 0.3) is 5.91 Å². The lowest BCUT2D eigenvalue weighted by Crippen LogP contribution is -2.30. The molecule has 0 spiro atoms. The van der Waals surface area contributed by atoms with Crippen molar-refractivity contribution in [2.45, 2.75) is 19.3 Å². The standard InChI is InChI=1S/C16H23N3O3.ClH/c17-8-9-18-16(21)13-3-1-2-4-14(13)19-15(20)6-5-12-7-10-22-11-12;/h1-4,12H,5-11,17H2,(H,18,21)(H,19,20);1H. The number of ether oxygens (including phenoxy) is 1. The fourth-order valence-electron chi connectivity index (χ4n) is 2.43. The molecule has 1 aromatic carbocycles. The Labute approximate surface area is 142 Å². The van der Waals surface area contributed by atoms with Crippen LogP contribution in [-0.2, 0) is 9.53 Å². The van der Waals surface area contributed by atoms with Gasteiger partial charge in [-0.25, -0.2) is 0 Å². The minimum Gasteiger partial charge on any atom is -0.381 e. The van der Waals surface area contributed by atoms with Crippen LogP contribution in [0.5, 0.6) is 0 Å². The normalized spacial score (nSPS) is 16.5. The molecule has 1 aliphatic heterocycles. The summed E-state index contributed by atoms with van der Waals surface area (Å²) in [6, 6.07) is 6.98. The fraction of sp³-hybridized carbons (Fsp3) is 0.500. The van der Waals surface area contributed by atoms with Gasteiger partial charge in [0, 0.05) is 32.7 Å². The average molecular weight is 342 g/mol. The second kappa shape index (κ2) is 10.2. The highest BCUT2D eigenvalue weighted by Gasteiger charge is 2.18. The Kier molecular flexibility index (Phi) is 8.61. The smallest absolute Gasteiger partial charge is 0.253 e. The van der Waals surface area contributed by atoms with Gasteiger partial charge in [0.05, 0.1) is 11.3 Å². The van der Waals surface area contributed by atoms with Crippen LogP contribution in [0.2, 0.25) is 0 Å². The van der Waals surface area contributed by atoms with E-state index in [1.54, 1.807) is 24.3 Å². The summed E-state index contributed by atoms with van der Waals surface area (Å²) in [6.07, 6.45) is 2.27. The Bertz CT molecular complexity index is 519. The number of benzene rings is 1. The largest absolute Gasteiger partial charge is 0.381 e. The summed E-state index contributed by atoms with van der Waals surface area (Å²) >= 11 is 0. The molecule has 2 rings (SSSR count). The van der Waals surface area contributed by atoms with E-state index in [2.05, 4.69) is 10.6 Å². The maximum absolute atomic E-state index is 12.1. The number of para-hydroxylation sites is 1. The maximum atomic E-state index is 12.1. The molecule has 1 fully saturated rings. The molecule has 1 unspecified atom stereocenters. The zero-order valence-electron chi connectivity index (χ0n) is 13.0. The van der Waals surface area contributed by atoms with Gasteiger partial charge in [0.15, 0.2) is 0 Å². The number of rotatable bonds is 7. The van der Waals surface area contributed by atoms with Crippen LogP contribution < -0.4 is 16.4 Å². The van der Waals surface area contributed by atoms with E-state index in [1.165, 1.54) is 0 Å². The molecule has 1 atom stereocenters. The fourth-order valence-corrected chi connectivity index (χ4v) is 2.43. The van der Waals surface area contributed by atoms with E-state index >= 15 is 0 Å². The van der Waals surface area contributed by atoms with Gasteiger partial charge in [-0.1, -0.05) is 12.1 Å². The molecule has 4 N–H and O–H groups in total. The Morgan fingerprint density at radius 2 is 2.09 bits per heavy atom. The molecule has 23 heavy (non-hydrogen) atoms. The van der Waals surface area contributed by atoms with Crippen molar-refractivity contribution >= 4 is 29.9 Å². The summed E-state index contributed by atoms with van der Waals surface area (Å²) in [4.78, 5) is 24.1. The molecule has 0 aliphatic carbocycles. The first kappa shape index (κ1) is 19.4. The summed E-state index contributed by atoms with van der Waals surface area (Å²) in [5, 5.41) is 5.53. The molecule has 0 bridgehead atoms. The molecule has 1 aliphatic rings. The maximum Gasteiger partial charge on any atom is 0.253 e. The second-order valence-electron chi connectivity index (χ2n) is 5.41. The topological polar surface area (TPSA) is 93.5 Å². The van der Waals surface area contributed by atoms with E-state index in [-0.39, 0.29) is 24.2 Å². The predicted molar refractivity (Wildman–Crippen MR) is 91.9 cm³/mol. The van der Waals surface area contributed by atoms with Crippen LogP contribution in [0.25, 0.3) is 0 Å². The average Bonchev–Trinajstić information content (AvgIpc) is 3.04. The van der Waals surface area contributed by atoms with E-state index < -0.39 is 0 Å². The van der Waals surface area contributed by atoms with Crippen LogP contribution in [0.15, 0.2) is 24.3 Å². The van der Waals surface area contributed by atoms with E-state index in [4.69, 9.17) is 10.5 Å². The van der Waals surface area contributed by atoms with Crippen molar-refractivity contribution < 1.29 is 14.3 Å². The van der Waals surface area contributed by atoms with Crippen molar-refractivity contribution in [2.75, 3.05) is 31.6 Å². The third kappa shape index (κ3) is 6.17. The first-order valence-electron chi connectivity index (χ1n) is 7.65. The minimum absolute atomic E-state index is 0. The highest BCUT2D eigenvalue weighted by atomic mass is 35.5. The zero-order valence-corrected chi connectivity index (χ0v) is 13.9. The van der Waals surface area contributed by atoms with Crippen molar-refractivity contribution in [1.82, 2.24) is 5.32 Å². The summed E-state index contributed by atoms with van der Waals surface area (Å²) in [5.74, 6) is 0.158. The number of hydrogen-bond donors (Lipinski definition) is 3. The van der Waals surface area contributed by atoms with Crippen molar-refractivity contribution in [2.24, 2.45) is 11.7 Å². The molecule has 0 saturated carbocycles. The second-order valence-corrected chi connectivity index (χ2v) is 5.41. The zero-order chi connectivity index (χ0) is 15.8. The lowest BCUT2D eigenvalue weighted by atomic mass is 10.0. The van der Waals surface area contributed by atoms with E-state index in [0.717, 1.165) is 26.1 Å². The molecule has 7 heteroatoms. The molecule has 0 aromatic heterocycles. The van der Waals surface area contributed by atoms with Crippen LogP contribution >= 0.6 is 12.4 Å². The number of anilines is 1. The molecule has 1 aromatic rings. The number of carbonyl (C=O) groups excluding carboxylic acids is 2. The first-order valence-corrected chi connectivity index (χ1v) is 7.65. The molecule has 0 radical (unpaired) electrons. The molecule has 2 amide bonds. The van der Waals surface area contributed by atoms with Gasteiger partial charge in [-0.05, 0) is 30.9 Å². The van der Waals surface area contributed by atoms with Crippen LogP contribution in [0.3, 0.4) is 0 Å². The van der Waals surface area contributed by atoms with E-state index in [0.29, 0.717) is 36.7 Å².